The normalized spacial score (nSPS) is 17.4. The van der Waals surface area contributed by atoms with Crippen LogP contribution in [0, 0.1) is 17.8 Å². The number of nitrogens with zero attached hydrogens (tertiary/aromatic N) is 1. The zero-order valence-corrected chi connectivity index (χ0v) is 25.0. The first-order valence-electron chi connectivity index (χ1n) is 14.9. The highest BCUT2D eigenvalue weighted by molar-refractivity contribution is 5.89. The predicted molar refractivity (Wildman–Crippen MR) is 163 cm³/mol. The maximum Gasteiger partial charge on any atom is 0.257 e. The number of carbonyl (C=O) groups is 3. The van der Waals surface area contributed by atoms with Crippen molar-refractivity contribution in [2.75, 3.05) is 13.2 Å². The largest absolute Gasteiger partial charge is 0.350 e. The van der Waals surface area contributed by atoms with Gasteiger partial charge in [-0.3, -0.25) is 24.8 Å². The molecule has 0 bridgehead atoms. The molecular formula is C33H46N4O5. The van der Waals surface area contributed by atoms with Crippen LogP contribution >= 0.6 is 0 Å². The van der Waals surface area contributed by atoms with Crippen molar-refractivity contribution in [3.63, 3.8) is 0 Å². The Morgan fingerprint density at radius 1 is 1.00 bits per heavy atom. The first kappa shape index (κ1) is 33.0. The van der Waals surface area contributed by atoms with E-state index < -0.39 is 41.9 Å². The van der Waals surface area contributed by atoms with Gasteiger partial charge in [-0.15, -0.1) is 0 Å². The molecule has 2 aromatic carbocycles. The third-order valence-electron chi connectivity index (χ3n) is 7.18. The summed E-state index contributed by atoms with van der Waals surface area (Å²) in [4.78, 5) is 46.1. The summed E-state index contributed by atoms with van der Waals surface area (Å²) in [5.41, 5.74) is 13.3. The minimum Gasteiger partial charge on any atom is -0.350 e. The summed E-state index contributed by atoms with van der Waals surface area (Å²) >= 11 is 0. The van der Waals surface area contributed by atoms with Gasteiger partial charge in [0.15, 0.2) is 6.29 Å². The molecule has 0 radical (unpaired) electrons. The summed E-state index contributed by atoms with van der Waals surface area (Å²) in [5.74, 6) is -2.59. The summed E-state index contributed by atoms with van der Waals surface area (Å²) in [6.45, 7) is 6.42. The van der Waals surface area contributed by atoms with Gasteiger partial charge >= 0.3 is 0 Å². The third kappa shape index (κ3) is 11.0. The highest BCUT2D eigenvalue weighted by Gasteiger charge is 2.36. The molecule has 1 aliphatic heterocycles. The van der Waals surface area contributed by atoms with Crippen molar-refractivity contribution in [2.24, 2.45) is 23.5 Å². The summed E-state index contributed by atoms with van der Waals surface area (Å²) in [7, 11) is 0. The maximum atomic E-state index is 13.9. The van der Waals surface area contributed by atoms with Crippen LogP contribution in [0.5, 0.6) is 0 Å². The zero-order chi connectivity index (χ0) is 30.3. The highest BCUT2D eigenvalue weighted by Crippen LogP contribution is 2.26. The molecule has 9 nitrogen and oxygen atoms in total. The Labute approximate surface area is 249 Å². The Bertz CT molecular complexity index is 1130. The van der Waals surface area contributed by atoms with Gasteiger partial charge in [0.2, 0.25) is 11.8 Å². The summed E-state index contributed by atoms with van der Waals surface area (Å²) in [6.07, 6.45) is 7.18. The number of hydrogen-bond acceptors (Lipinski definition) is 6. The van der Waals surface area contributed by atoms with E-state index in [0.717, 1.165) is 24.0 Å². The van der Waals surface area contributed by atoms with Gasteiger partial charge < -0.3 is 10.5 Å². The quantitative estimate of drug-likeness (QED) is 0.286. The smallest absolute Gasteiger partial charge is 0.257 e. The Morgan fingerprint density at radius 2 is 1.69 bits per heavy atom. The molecule has 9 heteroatoms. The lowest BCUT2D eigenvalue weighted by atomic mass is 9.82. The number of amides is 3. The molecule has 42 heavy (non-hydrogen) atoms. The number of rotatable bonds is 14. The van der Waals surface area contributed by atoms with Crippen molar-refractivity contribution >= 4 is 23.8 Å². The van der Waals surface area contributed by atoms with Crippen molar-refractivity contribution in [1.82, 2.24) is 15.9 Å². The molecule has 1 fully saturated rings. The Kier molecular flexibility index (Phi) is 13.7. The van der Waals surface area contributed by atoms with Gasteiger partial charge in [0.05, 0.1) is 17.9 Å². The lowest BCUT2D eigenvalue weighted by molar-refractivity contribution is -0.203. The Hall–Kier alpha value is -3.53. The number of carbonyl (C=O) groups excluding carboxylic acids is 3. The van der Waals surface area contributed by atoms with Crippen LogP contribution < -0.4 is 16.6 Å². The Balaban J connectivity index is 1.81. The van der Waals surface area contributed by atoms with Gasteiger partial charge in [-0.25, -0.2) is 10.3 Å². The number of hydrazine groups is 1. The molecule has 1 heterocycles. The number of allylic oxidation sites excluding steroid dienone is 1. The molecule has 4 atom stereocenters. The van der Waals surface area contributed by atoms with Crippen molar-refractivity contribution in [2.45, 2.75) is 71.6 Å². The molecule has 228 valence electrons. The number of hydroxylamine groups is 1. The molecule has 2 aromatic rings. The van der Waals surface area contributed by atoms with Crippen molar-refractivity contribution in [3.8, 4) is 0 Å². The number of benzene rings is 2. The van der Waals surface area contributed by atoms with E-state index in [1.807, 2.05) is 86.7 Å². The Morgan fingerprint density at radius 3 is 2.31 bits per heavy atom. The average molecular weight is 579 g/mol. The van der Waals surface area contributed by atoms with Crippen LogP contribution in [0.4, 0.5) is 0 Å². The minimum absolute atomic E-state index is 0.110. The number of nitrogens with one attached hydrogen (secondary N) is 2. The topological polar surface area (TPSA) is 123 Å². The standard InChI is InChI=1S/C33H46N4O5/c1-24(2)23-29(31(38)35-37(33(40)25(3)34)21-20-27-15-8-5-9-16-27)28(18-12-17-26-13-6-4-7-14-26)32(39)36-42-30-19-10-11-22-41-30/h4-9,12-17,24-25,28-30H,10-11,18-23,34H2,1-3H3,(H,35,38)(H,36,39)/t25-,28+,29-,30?/m1/s1. The SMILES string of the molecule is CC(C)C[C@@H](C(=O)NN(CCc1ccccc1)C(=O)[C@@H](C)N)[C@H](CC=Cc1ccccc1)C(=O)NOC1CCCCO1. The summed E-state index contributed by atoms with van der Waals surface area (Å²) in [6, 6.07) is 18.7. The first-order chi connectivity index (χ1) is 20.2. The van der Waals surface area contributed by atoms with E-state index in [1.54, 1.807) is 6.92 Å². The molecule has 0 spiro atoms. The van der Waals surface area contributed by atoms with E-state index in [9.17, 15) is 14.4 Å². The predicted octanol–water partition coefficient (Wildman–Crippen LogP) is 4.39. The molecule has 1 unspecified atom stereocenters. The van der Waals surface area contributed by atoms with E-state index in [-0.39, 0.29) is 12.5 Å². The van der Waals surface area contributed by atoms with Gasteiger partial charge in [0.1, 0.15) is 0 Å². The molecule has 4 N–H and O–H groups in total. The van der Waals surface area contributed by atoms with Crippen LogP contribution in [0.2, 0.25) is 0 Å². The molecule has 3 amide bonds. The second-order valence-corrected chi connectivity index (χ2v) is 11.3. The monoisotopic (exact) mass is 578 g/mol. The molecule has 0 saturated carbocycles. The first-order valence-corrected chi connectivity index (χ1v) is 14.9. The fourth-order valence-electron chi connectivity index (χ4n) is 4.90. The number of ether oxygens (including phenoxy) is 1. The van der Waals surface area contributed by atoms with E-state index >= 15 is 0 Å². The van der Waals surface area contributed by atoms with Crippen molar-refractivity contribution < 1.29 is 24.0 Å². The van der Waals surface area contributed by atoms with Crippen molar-refractivity contribution in [3.05, 3.63) is 77.9 Å². The fourth-order valence-corrected chi connectivity index (χ4v) is 4.90. The van der Waals surface area contributed by atoms with Crippen LogP contribution in [-0.4, -0.2) is 48.2 Å². The van der Waals surface area contributed by atoms with Gasteiger partial charge in [-0.1, -0.05) is 86.7 Å². The lowest BCUT2D eigenvalue weighted by Gasteiger charge is -2.31. The summed E-state index contributed by atoms with van der Waals surface area (Å²) < 4.78 is 5.60. The molecule has 1 saturated heterocycles. The van der Waals surface area contributed by atoms with Crippen LogP contribution in [0.3, 0.4) is 0 Å². The molecule has 1 aliphatic rings. The molecule has 0 aliphatic carbocycles. The van der Waals surface area contributed by atoms with Gasteiger partial charge in [0, 0.05) is 19.6 Å². The fraction of sp³-hybridized carbons (Fsp3) is 0.485. The van der Waals surface area contributed by atoms with Crippen LogP contribution in [0.15, 0.2) is 66.7 Å². The highest BCUT2D eigenvalue weighted by atomic mass is 16.8. The molecule has 0 aromatic heterocycles. The van der Waals surface area contributed by atoms with Gasteiger partial charge in [0.25, 0.3) is 5.91 Å². The molecular weight excluding hydrogens is 532 g/mol. The van der Waals surface area contributed by atoms with Crippen LogP contribution in [-0.2, 0) is 30.4 Å². The van der Waals surface area contributed by atoms with Gasteiger partial charge in [-0.2, -0.15) is 0 Å². The molecule has 3 rings (SSSR count). The minimum atomic E-state index is -0.804. The maximum absolute atomic E-state index is 13.9. The van der Waals surface area contributed by atoms with Crippen molar-refractivity contribution in [1.29, 1.82) is 0 Å². The van der Waals surface area contributed by atoms with Crippen LogP contribution in [0.25, 0.3) is 6.08 Å². The zero-order valence-electron chi connectivity index (χ0n) is 25.0. The van der Waals surface area contributed by atoms with E-state index in [0.29, 0.717) is 32.3 Å². The number of hydrogen-bond donors (Lipinski definition) is 3. The van der Waals surface area contributed by atoms with E-state index in [1.165, 1.54) is 5.01 Å². The lowest BCUT2D eigenvalue weighted by Crippen LogP contribution is -2.55. The van der Waals surface area contributed by atoms with E-state index in [2.05, 4.69) is 10.9 Å². The summed E-state index contributed by atoms with van der Waals surface area (Å²) in [5, 5.41) is 1.29. The van der Waals surface area contributed by atoms with Crippen LogP contribution in [0.1, 0.15) is 64.0 Å². The van der Waals surface area contributed by atoms with Gasteiger partial charge in [-0.05, 0) is 56.1 Å². The average Bonchev–Trinajstić information content (AvgIpc) is 3.00. The second-order valence-electron chi connectivity index (χ2n) is 11.3. The number of nitrogens with two attached hydrogens (primary N) is 1. The second kappa shape index (κ2) is 17.4. The van der Waals surface area contributed by atoms with E-state index in [4.69, 9.17) is 15.3 Å². The third-order valence-corrected chi connectivity index (χ3v) is 7.18.